The summed E-state index contributed by atoms with van der Waals surface area (Å²) in [5.74, 6) is 0.984. The molecule has 2 atom stereocenters. The molecule has 0 saturated carbocycles. The van der Waals surface area contributed by atoms with Crippen LogP contribution in [0.15, 0.2) is 24.3 Å². The lowest BCUT2D eigenvalue weighted by molar-refractivity contribution is -0.119. The predicted molar refractivity (Wildman–Crippen MR) is 94.1 cm³/mol. The first kappa shape index (κ1) is 18.3. The Kier molecular flexibility index (Phi) is 6.23. The Hall–Kier alpha value is -2.04. The second kappa shape index (κ2) is 8.18. The number of nitrogens with one attached hydrogen (secondary N) is 1. The van der Waals surface area contributed by atoms with E-state index in [9.17, 15) is 9.59 Å². The van der Waals surface area contributed by atoms with Crippen molar-refractivity contribution in [3.05, 3.63) is 29.8 Å². The SMILES string of the molecule is CCC[C@H]1CN(C(=O)c2cccc(OC(C)C)c2)C[C@@H]1NC(C)=O. The number of hydrogen-bond donors (Lipinski definition) is 1. The molecule has 1 N–H and O–H groups in total. The molecule has 0 aromatic heterocycles. The maximum Gasteiger partial charge on any atom is 0.254 e. The summed E-state index contributed by atoms with van der Waals surface area (Å²) in [5, 5.41) is 2.99. The van der Waals surface area contributed by atoms with E-state index in [-0.39, 0.29) is 24.0 Å². The minimum atomic E-state index is -0.0391. The minimum Gasteiger partial charge on any atom is -0.491 e. The van der Waals surface area contributed by atoms with Gasteiger partial charge >= 0.3 is 0 Å². The quantitative estimate of drug-likeness (QED) is 0.871. The van der Waals surface area contributed by atoms with E-state index in [0.717, 1.165) is 12.8 Å². The van der Waals surface area contributed by atoms with Crippen LogP contribution in [-0.4, -0.2) is 41.9 Å². The number of carbonyl (C=O) groups is 2. The van der Waals surface area contributed by atoms with Gasteiger partial charge in [-0.1, -0.05) is 19.4 Å². The number of ether oxygens (including phenoxy) is 1. The van der Waals surface area contributed by atoms with Gasteiger partial charge < -0.3 is 15.0 Å². The predicted octanol–water partition coefficient (Wildman–Crippen LogP) is 2.85. The van der Waals surface area contributed by atoms with Crippen molar-refractivity contribution in [3.8, 4) is 5.75 Å². The van der Waals surface area contributed by atoms with E-state index in [2.05, 4.69) is 12.2 Å². The Bertz CT molecular complexity index is 586. The maximum atomic E-state index is 12.8. The second-order valence-electron chi connectivity index (χ2n) is 6.76. The molecule has 1 aromatic rings. The first-order valence-corrected chi connectivity index (χ1v) is 8.73. The molecule has 0 radical (unpaired) electrons. The number of hydrogen-bond acceptors (Lipinski definition) is 3. The Morgan fingerprint density at radius 2 is 2.08 bits per heavy atom. The number of carbonyl (C=O) groups excluding carboxylic acids is 2. The molecule has 0 spiro atoms. The van der Waals surface area contributed by atoms with Gasteiger partial charge in [-0.2, -0.15) is 0 Å². The van der Waals surface area contributed by atoms with Crippen molar-refractivity contribution < 1.29 is 14.3 Å². The molecule has 0 bridgehead atoms. The third-order valence-corrected chi connectivity index (χ3v) is 4.23. The van der Waals surface area contributed by atoms with Crippen LogP contribution < -0.4 is 10.1 Å². The van der Waals surface area contributed by atoms with Gasteiger partial charge in [-0.15, -0.1) is 0 Å². The second-order valence-corrected chi connectivity index (χ2v) is 6.76. The highest BCUT2D eigenvalue weighted by molar-refractivity contribution is 5.95. The lowest BCUT2D eigenvalue weighted by Crippen LogP contribution is -2.39. The van der Waals surface area contributed by atoms with E-state index >= 15 is 0 Å². The van der Waals surface area contributed by atoms with Gasteiger partial charge in [0.05, 0.1) is 12.1 Å². The third-order valence-electron chi connectivity index (χ3n) is 4.23. The Morgan fingerprint density at radius 1 is 1.33 bits per heavy atom. The zero-order valence-electron chi connectivity index (χ0n) is 15.0. The van der Waals surface area contributed by atoms with Gasteiger partial charge in [-0.3, -0.25) is 9.59 Å². The van der Waals surface area contributed by atoms with Crippen LogP contribution in [0.1, 0.15) is 50.9 Å². The molecule has 1 fully saturated rings. The lowest BCUT2D eigenvalue weighted by Gasteiger charge is -2.18. The third kappa shape index (κ3) is 4.73. The van der Waals surface area contributed by atoms with Gasteiger partial charge in [0.1, 0.15) is 5.75 Å². The zero-order valence-corrected chi connectivity index (χ0v) is 15.0. The molecule has 1 aromatic carbocycles. The molecule has 0 aliphatic carbocycles. The summed E-state index contributed by atoms with van der Waals surface area (Å²) in [4.78, 5) is 26.1. The van der Waals surface area contributed by atoms with E-state index < -0.39 is 0 Å². The van der Waals surface area contributed by atoms with Crippen molar-refractivity contribution in [3.63, 3.8) is 0 Å². The standard InChI is InChI=1S/C19H28N2O3/c1-5-7-16-11-21(12-18(16)20-14(4)22)19(23)15-8-6-9-17(10-15)24-13(2)3/h6,8-10,13,16,18H,5,7,11-12H2,1-4H3,(H,20,22)/t16-,18-/m0/s1. The van der Waals surface area contributed by atoms with E-state index in [1.807, 2.05) is 36.9 Å². The number of amides is 2. The smallest absolute Gasteiger partial charge is 0.254 e. The normalized spacial score (nSPS) is 20.3. The number of nitrogens with zero attached hydrogens (tertiary/aromatic N) is 1. The average Bonchev–Trinajstić information content (AvgIpc) is 2.88. The Morgan fingerprint density at radius 3 is 2.71 bits per heavy atom. The summed E-state index contributed by atoms with van der Waals surface area (Å²) in [6, 6.07) is 7.36. The minimum absolute atomic E-state index is 0.00170. The highest BCUT2D eigenvalue weighted by atomic mass is 16.5. The van der Waals surface area contributed by atoms with Gasteiger partial charge in [0.25, 0.3) is 5.91 Å². The van der Waals surface area contributed by atoms with E-state index in [1.54, 1.807) is 6.07 Å². The fourth-order valence-electron chi connectivity index (χ4n) is 3.28. The molecule has 1 saturated heterocycles. The Labute approximate surface area is 144 Å². The number of rotatable bonds is 6. The fourth-order valence-corrected chi connectivity index (χ4v) is 3.28. The molecule has 0 unspecified atom stereocenters. The molecule has 24 heavy (non-hydrogen) atoms. The lowest BCUT2D eigenvalue weighted by atomic mass is 9.98. The monoisotopic (exact) mass is 332 g/mol. The average molecular weight is 332 g/mol. The van der Waals surface area contributed by atoms with Crippen molar-refractivity contribution >= 4 is 11.8 Å². The molecule has 5 heteroatoms. The van der Waals surface area contributed by atoms with Crippen molar-refractivity contribution in [1.29, 1.82) is 0 Å². The highest BCUT2D eigenvalue weighted by Gasteiger charge is 2.35. The molecule has 2 amide bonds. The number of benzene rings is 1. The fraction of sp³-hybridized carbons (Fsp3) is 0.579. The molecule has 1 aliphatic rings. The summed E-state index contributed by atoms with van der Waals surface area (Å²) in [5.41, 5.74) is 0.631. The molecule has 1 heterocycles. The van der Waals surface area contributed by atoms with E-state index in [4.69, 9.17) is 4.74 Å². The van der Waals surface area contributed by atoms with Crippen molar-refractivity contribution in [2.45, 2.75) is 52.7 Å². The van der Waals surface area contributed by atoms with Gasteiger partial charge in [0.2, 0.25) is 5.91 Å². The van der Waals surface area contributed by atoms with Gasteiger partial charge in [0, 0.05) is 25.6 Å². The van der Waals surface area contributed by atoms with Crippen LogP contribution in [0.4, 0.5) is 0 Å². The first-order chi connectivity index (χ1) is 11.4. The highest BCUT2D eigenvalue weighted by Crippen LogP contribution is 2.24. The van der Waals surface area contributed by atoms with Crippen LogP contribution in [0.25, 0.3) is 0 Å². The molecule has 2 rings (SSSR count). The van der Waals surface area contributed by atoms with Gasteiger partial charge in [-0.05, 0) is 44.4 Å². The molecular weight excluding hydrogens is 304 g/mol. The van der Waals surface area contributed by atoms with Crippen molar-refractivity contribution in [1.82, 2.24) is 10.2 Å². The zero-order chi connectivity index (χ0) is 17.7. The molecular formula is C19H28N2O3. The maximum absolute atomic E-state index is 12.8. The van der Waals surface area contributed by atoms with Crippen LogP contribution in [0.5, 0.6) is 5.75 Å². The van der Waals surface area contributed by atoms with Crippen molar-refractivity contribution in [2.75, 3.05) is 13.1 Å². The van der Waals surface area contributed by atoms with E-state index in [1.165, 1.54) is 6.92 Å². The van der Waals surface area contributed by atoms with Crippen LogP contribution in [0.2, 0.25) is 0 Å². The first-order valence-electron chi connectivity index (χ1n) is 8.73. The summed E-state index contributed by atoms with van der Waals surface area (Å²) < 4.78 is 5.67. The molecule has 1 aliphatic heterocycles. The summed E-state index contributed by atoms with van der Waals surface area (Å²) in [6.07, 6.45) is 2.12. The largest absolute Gasteiger partial charge is 0.491 e. The van der Waals surface area contributed by atoms with E-state index in [0.29, 0.717) is 30.3 Å². The summed E-state index contributed by atoms with van der Waals surface area (Å²) in [7, 11) is 0. The molecule has 132 valence electrons. The van der Waals surface area contributed by atoms with Crippen molar-refractivity contribution in [2.24, 2.45) is 5.92 Å². The van der Waals surface area contributed by atoms with Crippen LogP contribution in [0.3, 0.4) is 0 Å². The van der Waals surface area contributed by atoms with Crippen LogP contribution in [0, 0.1) is 5.92 Å². The topological polar surface area (TPSA) is 58.6 Å². The number of likely N-dealkylation sites (tertiary alicyclic amines) is 1. The molecule has 5 nitrogen and oxygen atoms in total. The van der Waals surface area contributed by atoms with Crippen LogP contribution in [-0.2, 0) is 4.79 Å². The summed E-state index contributed by atoms with van der Waals surface area (Å²) >= 11 is 0. The summed E-state index contributed by atoms with van der Waals surface area (Å²) in [6.45, 7) is 8.83. The van der Waals surface area contributed by atoms with Gasteiger partial charge in [0.15, 0.2) is 0 Å². The van der Waals surface area contributed by atoms with Gasteiger partial charge in [-0.25, -0.2) is 0 Å². The Balaban J connectivity index is 2.10. The van der Waals surface area contributed by atoms with Crippen LogP contribution >= 0.6 is 0 Å².